The summed E-state index contributed by atoms with van der Waals surface area (Å²) in [5, 5.41) is 3.09. The van der Waals surface area contributed by atoms with Gasteiger partial charge in [0.2, 0.25) is 0 Å². The number of benzene rings is 1. The zero-order valence-corrected chi connectivity index (χ0v) is 11.1. The molecule has 0 fully saturated rings. The first-order chi connectivity index (χ1) is 7.67. The van der Waals surface area contributed by atoms with Crippen molar-refractivity contribution < 1.29 is 9.47 Å². The van der Waals surface area contributed by atoms with E-state index in [1.807, 2.05) is 25.2 Å². The summed E-state index contributed by atoms with van der Waals surface area (Å²) in [5.41, 5.74) is 1.16. The Labute approximate surface area is 105 Å². The zero-order chi connectivity index (χ0) is 12.0. The minimum atomic E-state index is 0.432. The summed E-state index contributed by atoms with van der Waals surface area (Å²) in [7, 11) is 3.54. The smallest absolute Gasteiger partial charge is 0.161 e. The van der Waals surface area contributed by atoms with Crippen LogP contribution in [0.15, 0.2) is 29.3 Å². The van der Waals surface area contributed by atoms with Crippen LogP contribution >= 0.6 is 15.9 Å². The molecule has 0 saturated carbocycles. The Bertz CT molecular complexity index is 366. The number of halogens is 1. The molecule has 0 atom stereocenters. The molecule has 1 rings (SSSR count). The van der Waals surface area contributed by atoms with Gasteiger partial charge in [0, 0.05) is 11.0 Å². The molecule has 4 heteroatoms. The van der Waals surface area contributed by atoms with Crippen molar-refractivity contribution in [2.24, 2.45) is 0 Å². The molecule has 0 heterocycles. The van der Waals surface area contributed by atoms with Crippen molar-refractivity contribution in [3.63, 3.8) is 0 Å². The third-order valence-electron chi connectivity index (χ3n) is 1.99. The molecule has 0 bridgehead atoms. The van der Waals surface area contributed by atoms with Gasteiger partial charge in [-0.2, -0.15) is 0 Å². The van der Waals surface area contributed by atoms with Crippen molar-refractivity contribution in [3.05, 3.63) is 34.8 Å². The van der Waals surface area contributed by atoms with Crippen LogP contribution in [0.5, 0.6) is 11.5 Å². The molecule has 1 N–H and O–H groups in total. The van der Waals surface area contributed by atoms with Crippen LogP contribution in [0.2, 0.25) is 0 Å². The Morgan fingerprint density at radius 1 is 1.44 bits per heavy atom. The molecule has 0 spiro atoms. The van der Waals surface area contributed by atoms with Crippen molar-refractivity contribution in [1.29, 1.82) is 0 Å². The van der Waals surface area contributed by atoms with Gasteiger partial charge < -0.3 is 14.8 Å². The van der Waals surface area contributed by atoms with E-state index in [9.17, 15) is 0 Å². The molecule has 0 unspecified atom stereocenters. The van der Waals surface area contributed by atoms with Crippen molar-refractivity contribution in [2.75, 3.05) is 20.8 Å². The lowest BCUT2D eigenvalue weighted by Crippen LogP contribution is -2.05. The van der Waals surface area contributed by atoms with Crippen LogP contribution in [0, 0.1) is 0 Å². The first kappa shape index (κ1) is 13.1. The van der Waals surface area contributed by atoms with Gasteiger partial charge >= 0.3 is 0 Å². The molecule has 0 aromatic heterocycles. The second kappa shape index (κ2) is 6.55. The molecule has 0 saturated heterocycles. The van der Waals surface area contributed by atoms with Crippen molar-refractivity contribution >= 4 is 15.9 Å². The molecular formula is C12H16BrNO2. The quantitative estimate of drug-likeness (QED) is 0.872. The molecule has 88 valence electrons. The predicted molar refractivity (Wildman–Crippen MR) is 69.3 cm³/mol. The molecule has 0 radical (unpaired) electrons. The fourth-order valence-corrected chi connectivity index (χ4v) is 1.42. The molecular weight excluding hydrogens is 270 g/mol. The highest BCUT2D eigenvalue weighted by Crippen LogP contribution is 2.28. The standard InChI is InChI=1S/C12H16BrNO2/c1-9(13)8-16-11-5-4-10(7-14-2)6-12(11)15-3/h4-6,14H,1,7-8H2,2-3H3. The Hall–Kier alpha value is -1.00. The Balaban J connectivity index is 2.80. The molecule has 3 nitrogen and oxygen atoms in total. The second-order valence-electron chi connectivity index (χ2n) is 3.32. The average molecular weight is 286 g/mol. The van der Waals surface area contributed by atoms with Gasteiger partial charge in [0.1, 0.15) is 6.61 Å². The largest absolute Gasteiger partial charge is 0.493 e. The van der Waals surface area contributed by atoms with E-state index < -0.39 is 0 Å². The van der Waals surface area contributed by atoms with E-state index in [0.29, 0.717) is 6.61 Å². The van der Waals surface area contributed by atoms with Gasteiger partial charge in [0.15, 0.2) is 11.5 Å². The molecule has 1 aromatic carbocycles. The van der Waals surface area contributed by atoms with Crippen LogP contribution in [0.3, 0.4) is 0 Å². The normalized spacial score (nSPS) is 9.94. The van der Waals surface area contributed by atoms with Crippen LogP contribution in [0.1, 0.15) is 5.56 Å². The van der Waals surface area contributed by atoms with Crippen LogP contribution in [0.4, 0.5) is 0 Å². The van der Waals surface area contributed by atoms with Gasteiger partial charge in [-0.3, -0.25) is 0 Å². The van der Waals surface area contributed by atoms with Crippen LogP contribution in [0.25, 0.3) is 0 Å². The highest BCUT2D eigenvalue weighted by atomic mass is 79.9. The van der Waals surface area contributed by atoms with Crippen molar-refractivity contribution in [3.8, 4) is 11.5 Å². The number of ether oxygens (including phenoxy) is 2. The van der Waals surface area contributed by atoms with E-state index in [2.05, 4.69) is 27.8 Å². The summed E-state index contributed by atoms with van der Waals surface area (Å²) in [6.07, 6.45) is 0. The lowest BCUT2D eigenvalue weighted by molar-refractivity contribution is 0.324. The summed E-state index contributed by atoms with van der Waals surface area (Å²) in [6, 6.07) is 5.87. The van der Waals surface area contributed by atoms with Crippen LogP contribution in [-0.4, -0.2) is 20.8 Å². The van der Waals surface area contributed by atoms with Crippen molar-refractivity contribution in [2.45, 2.75) is 6.54 Å². The highest BCUT2D eigenvalue weighted by Gasteiger charge is 2.05. The zero-order valence-electron chi connectivity index (χ0n) is 9.55. The molecule has 0 aliphatic carbocycles. The molecule has 0 aliphatic rings. The summed E-state index contributed by atoms with van der Waals surface area (Å²) in [6.45, 7) is 4.95. The van der Waals surface area contributed by atoms with Crippen LogP contribution in [-0.2, 0) is 6.54 Å². The topological polar surface area (TPSA) is 30.5 Å². The number of hydrogen-bond acceptors (Lipinski definition) is 3. The SMILES string of the molecule is C=C(Br)COc1ccc(CNC)cc1OC. The Morgan fingerprint density at radius 2 is 2.19 bits per heavy atom. The first-order valence-corrected chi connectivity index (χ1v) is 5.74. The Kier molecular flexibility index (Phi) is 5.35. The van der Waals surface area contributed by atoms with E-state index in [1.54, 1.807) is 7.11 Å². The monoisotopic (exact) mass is 285 g/mol. The van der Waals surface area contributed by atoms with Gasteiger partial charge in [-0.25, -0.2) is 0 Å². The maximum Gasteiger partial charge on any atom is 0.161 e. The number of hydrogen-bond donors (Lipinski definition) is 1. The average Bonchev–Trinajstić information content (AvgIpc) is 2.27. The second-order valence-corrected chi connectivity index (χ2v) is 4.44. The third-order valence-corrected chi connectivity index (χ3v) is 2.22. The van der Waals surface area contributed by atoms with E-state index in [-0.39, 0.29) is 0 Å². The maximum absolute atomic E-state index is 5.53. The van der Waals surface area contributed by atoms with E-state index in [1.165, 1.54) is 0 Å². The molecule has 1 aromatic rings. The number of nitrogens with one attached hydrogen (secondary N) is 1. The minimum absolute atomic E-state index is 0.432. The van der Waals surface area contributed by atoms with Crippen LogP contribution < -0.4 is 14.8 Å². The summed E-state index contributed by atoms with van der Waals surface area (Å²) in [5.74, 6) is 1.46. The maximum atomic E-state index is 5.53. The number of rotatable bonds is 6. The van der Waals surface area contributed by atoms with Gasteiger partial charge in [-0.15, -0.1) is 0 Å². The highest BCUT2D eigenvalue weighted by molar-refractivity contribution is 9.11. The van der Waals surface area contributed by atoms with E-state index in [0.717, 1.165) is 28.1 Å². The van der Waals surface area contributed by atoms with Gasteiger partial charge in [0.05, 0.1) is 7.11 Å². The van der Waals surface area contributed by atoms with Gasteiger partial charge in [-0.05, 0) is 24.7 Å². The lowest BCUT2D eigenvalue weighted by Gasteiger charge is -2.11. The van der Waals surface area contributed by atoms with E-state index in [4.69, 9.17) is 9.47 Å². The van der Waals surface area contributed by atoms with Gasteiger partial charge in [0.25, 0.3) is 0 Å². The van der Waals surface area contributed by atoms with E-state index >= 15 is 0 Å². The molecule has 16 heavy (non-hydrogen) atoms. The first-order valence-electron chi connectivity index (χ1n) is 4.95. The minimum Gasteiger partial charge on any atom is -0.493 e. The molecule has 0 aliphatic heterocycles. The fraction of sp³-hybridized carbons (Fsp3) is 0.333. The third kappa shape index (κ3) is 3.87. The van der Waals surface area contributed by atoms with Gasteiger partial charge in [-0.1, -0.05) is 28.6 Å². The molecule has 0 amide bonds. The Morgan fingerprint density at radius 3 is 2.75 bits per heavy atom. The lowest BCUT2D eigenvalue weighted by atomic mass is 10.2. The summed E-state index contributed by atoms with van der Waals surface area (Å²) < 4.78 is 11.6. The fourth-order valence-electron chi connectivity index (χ4n) is 1.30. The summed E-state index contributed by atoms with van der Waals surface area (Å²) >= 11 is 3.25. The predicted octanol–water partition coefficient (Wildman–Crippen LogP) is 2.70. The van der Waals surface area contributed by atoms with Crippen molar-refractivity contribution in [1.82, 2.24) is 5.32 Å². The summed E-state index contributed by atoms with van der Waals surface area (Å²) in [4.78, 5) is 0. The number of methoxy groups -OCH3 is 1.